The first-order valence-corrected chi connectivity index (χ1v) is 5.91. The largest absolute Gasteiger partial charge is 0.458 e. The van der Waals surface area contributed by atoms with E-state index in [0.717, 1.165) is 7.27 Å². The van der Waals surface area contributed by atoms with Crippen molar-refractivity contribution in [3.63, 3.8) is 0 Å². The number of nitrogens with one attached hydrogen (secondary N) is 1. The molecular weight excluding hydrogens is 396 g/mol. The lowest BCUT2D eigenvalue weighted by molar-refractivity contribution is 0.0371. The van der Waals surface area contributed by atoms with Gasteiger partial charge in [-0.05, 0) is 65.1 Å². The van der Waals surface area contributed by atoms with Gasteiger partial charge in [0.05, 0.1) is 9.80 Å². The van der Waals surface area contributed by atoms with Crippen LogP contribution in [-0.2, 0) is 4.74 Å². The van der Waals surface area contributed by atoms with Crippen molar-refractivity contribution in [2.75, 3.05) is 0 Å². The number of rotatable bonds is 2. The molecule has 3 nitrogen and oxygen atoms in total. The van der Waals surface area contributed by atoms with Gasteiger partial charge in [-0.1, -0.05) is 0 Å². The molecule has 0 spiro atoms. The summed E-state index contributed by atoms with van der Waals surface area (Å²) in [5.74, 6) is -0.296. The molecule has 0 fully saturated rings. The van der Waals surface area contributed by atoms with Crippen molar-refractivity contribution in [3.05, 3.63) is 19.0 Å². The lowest BCUT2D eigenvalue weighted by Gasteiger charge is -2.05. The summed E-state index contributed by atoms with van der Waals surface area (Å²) in [6, 6.07) is 1.78. The number of carbonyl (C=O) groups is 1. The first kappa shape index (κ1) is 11.3. The summed E-state index contributed by atoms with van der Waals surface area (Å²) in [5.41, 5.74) is 0.516. The van der Waals surface area contributed by atoms with E-state index >= 15 is 0 Å². The fourth-order valence-electron chi connectivity index (χ4n) is 0.792. The zero-order valence-corrected chi connectivity index (χ0v) is 11.5. The Bertz CT molecular complexity index is 300. The van der Waals surface area contributed by atoms with Gasteiger partial charge < -0.3 is 9.72 Å². The molecule has 0 aliphatic heterocycles. The Morgan fingerprint density at radius 2 is 2.15 bits per heavy atom. The summed E-state index contributed by atoms with van der Waals surface area (Å²) in [7, 11) is 0. The van der Waals surface area contributed by atoms with Crippen LogP contribution in [0.4, 0.5) is 0 Å². The second kappa shape index (κ2) is 4.63. The summed E-state index contributed by atoms with van der Waals surface area (Å²) < 4.78 is 7.03. The molecule has 0 saturated heterocycles. The predicted molar refractivity (Wildman–Crippen MR) is 66.8 cm³/mol. The van der Waals surface area contributed by atoms with Gasteiger partial charge in [-0.15, -0.1) is 0 Å². The number of hydrogen-bond acceptors (Lipinski definition) is 2. The van der Waals surface area contributed by atoms with Crippen LogP contribution in [0, 0.1) is 7.27 Å². The van der Waals surface area contributed by atoms with Crippen LogP contribution in [0.25, 0.3) is 0 Å². The molecule has 1 aromatic heterocycles. The summed E-state index contributed by atoms with van der Waals surface area (Å²) >= 11 is 4.31. The maximum absolute atomic E-state index is 11.4. The normalized spacial score (nSPS) is 10.5. The van der Waals surface area contributed by atoms with Gasteiger partial charge in [0.15, 0.2) is 0 Å². The molecule has 1 aromatic rings. The van der Waals surface area contributed by atoms with Gasteiger partial charge in [-0.25, -0.2) is 4.79 Å². The molecule has 72 valence electrons. The van der Waals surface area contributed by atoms with Crippen LogP contribution in [0.2, 0.25) is 0 Å². The molecule has 0 aliphatic rings. The van der Waals surface area contributed by atoms with E-state index in [2.05, 4.69) is 50.2 Å². The van der Waals surface area contributed by atoms with E-state index in [1.54, 1.807) is 6.07 Å². The number of carbonyl (C=O) groups excluding carboxylic acids is 1. The van der Waals surface area contributed by atoms with Crippen LogP contribution in [-0.4, -0.2) is 17.1 Å². The van der Waals surface area contributed by atoms with E-state index < -0.39 is 0 Å². The maximum Gasteiger partial charge on any atom is 0.355 e. The number of ether oxygens (including phenoxy) is 1. The van der Waals surface area contributed by atoms with Gasteiger partial charge in [0.25, 0.3) is 0 Å². The molecule has 1 N–H and O–H groups in total. The number of aromatic nitrogens is 1. The molecular formula is C8H9I2NO2. The standard InChI is InChI=1S/C8H9I2NO2/c1-4(2)13-8(12)6-3-5(9)7(10)11-6/h3-4,11H,1-2H3. The summed E-state index contributed by atoms with van der Waals surface area (Å²) in [4.78, 5) is 14.3. The molecule has 0 aromatic carbocycles. The topological polar surface area (TPSA) is 42.1 Å². The molecule has 0 bridgehead atoms. The molecule has 1 heterocycles. The number of halogens is 2. The average Bonchev–Trinajstić information content (AvgIpc) is 2.31. The molecule has 0 radical (unpaired) electrons. The molecule has 0 atom stereocenters. The Kier molecular flexibility index (Phi) is 4.02. The minimum atomic E-state index is -0.296. The third kappa shape index (κ3) is 3.12. The van der Waals surface area contributed by atoms with Gasteiger partial charge >= 0.3 is 5.97 Å². The monoisotopic (exact) mass is 405 g/mol. The lowest BCUT2D eigenvalue weighted by Crippen LogP contribution is -2.11. The third-order valence-corrected chi connectivity index (χ3v) is 4.02. The highest BCUT2D eigenvalue weighted by atomic mass is 127. The molecule has 0 aliphatic carbocycles. The highest BCUT2D eigenvalue weighted by molar-refractivity contribution is 14.1. The van der Waals surface area contributed by atoms with E-state index in [1.165, 1.54) is 0 Å². The van der Waals surface area contributed by atoms with Gasteiger partial charge in [-0.2, -0.15) is 0 Å². The average molecular weight is 405 g/mol. The van der Waals surface area contributed by atoms with Gasteiger partial charge in [0.1, 0.15) is 5.69 Å². The lowest BCUT2D eigenvalue weighted by atomic mass is 10.4. The summed E-state index contributed by atoms with van der Waals surface area (Å²) in [5, 5.41) is 0. The molecule has 0 saturated carbocycles. The molecule has 0 amide bonds. The van der Waals surface area contributed by atoms with Crippen LogP contribution in [0.5, 0.6) is 0 Å². The number of esters is 1. The zero-order chi connectivity index (χ0) is 10.0. The van der Waals surface area contributed by atoms with Crippen molar-refractivity contribution in [2.24, 2.45) is 0 Å². The summed E-state index contributed by atoms with van der Waals surface area (Å²) in [6.07, 6.45) is -0.0777. The fraction of sp³-hybridized carbons (Fsp3) is 0.375. The van der Waals surface area contributed by atoms with Crippen molar-refractivity contribution < 1.29 is 9.53 Å². The molecule has 0 unspecified atom stereocenters. The minimum Gasteiger partial charge on any atom is -0.458 e. The molecule has 1 rings (SSSR count). The number of hydrogen-bond donors (Lipinski definition) is 1. The Morgan fingerprint density at radius 3 is 2.54 bits per heavy atom. The van der Waals surface area contributed by atoms with Crippen LogP contribution in [0.15, 0.2) is 6.07 Å². The molecule has 13 heavy (non-hydrogen) atoms. The quantitative estimate of drug-likeness (QED) is 0.608. The Balaban J connectivity index is 2.77. The predicted octanol–water partition coefficient (Wildman–Crippen LogP) is 2.79. The second-order valence-electron chi connectivity index (χ2n) is 2.80. The Hall–Kier alpha value is 0.210. The van der Waals surface area contributed by atoms with Gasteiger partial charge in [0.2, 0.25) is 0 Å². The molecule has 5 heteroatoms. The van der Waals surface area contributed by atoms with Crippen molar-refractivity contribution >= 4 is 51.2 Å². The van der Waals surface area contributed by atoms with Gasteiger partial charge in [0, 0.05) is 3.57 Å². The highest BCUT2D eigenvalue weighted by Crippen LogP contribution is 2.16. The fourth-order valence-corrected chi connectivity index (χ4v) is 1.68. The number of aromatic amines is 1. The van der Waals surface area contributed by atoms with Crippen LogP contribution >= 0.6 is 45.2 Å². The van der Waals surface area contributed by atoms with Crippen molar-refractivity contribution in [2.45, 2.75) is 20.0 Å². The van der Waals surface area contributed by atoms with E-state index in [-0.39, 0.29) is 12.1 Å². The van der Waals surface area contributed by atoms with Crippen molar-refractivity contribution in [1.29, 1.82) is 0 Å². The maximum atomic E-state index is 11.4. The SMILES string of the molecule is CC(C)OC(=O)c1cc(I)c(I)[nH]1. The zero-order valence-electron chi connectivity index (χ0n) is 7.23. The van der Waals surface area contributed by atoms with Crippen LogP contribution < -0.4 is 0 Å². The Labute approximate surface area is 104 Å². The number of H-pyrrole nitrogens is 1. The minimum absolute atomic E-state index is 0.0777. The van der Waals surface area contributed by atoms with Crippen LogP contribution in [0.3, 0.4) is 0 Å². The Morgan fingerprint density at radius 1 is 1.54 bits per heavy atom. The first-order valence-electron chi connectivity index (χ1n) is 3.75. The van der Waals surface area contributed by atoms with E-state index in [1.807, 2.05) is 13.8 Å². The third-order valence-electron chi connectivity index (χ3n) is 1.29. The van der Waals surface area contributed by atoms with Crippen molar-refractivity contribution in [1.82, 2.24) is 4.98 Å². The first-order chi connectivity index (χ1) is 6.00. The van der Waals surface area contributed by atoms with E-state index in [9.17, 15) is 4.79 Å². The second-order valence-corrected chi connectivity index (χ2v) is 5.04. The van der Waals surface area contributed by atoms with Crippen LogP contribution in [0.1, 0.15) is 24.3 Å². The van der Waals surface area contributed by atoms with Crippen molar-refractivity contribution in [3.8, 4) is 0 Å². The smallest absolute Gasteiger partial charge is 0.355 e. The van der Waals surface area contributed by atoms with E-state index in [0.29, 0.717) is 5.69 Å². The van der Waals surface area contributed by atoms with Gasteiger partial charge in [-0.3, -0.25) is 0 Å². The van der Waals surface area contributed by atoms with E-state index in [4.69, 9.17) is 4.74 Å². The highest BCUT2D eigenvalue weighted by Gasteiger charge is 2.13. The summed E-state index contributed by atoms with van der Waals surface area (Å²) in [6.45, 7) is 3.66.